The summed E-state index contributed by atoms with van der Waals surface area (Å²) in [6, 6.07) is 4.78. The van der Waals surface area contributed by atoms with Crippen molar-refractivity contribution in [2.45, 2.75) is 18.6 Å². The van der Waals surface area contributed by atoms with Crippen molar-refractivity contribution < 1.29 is 18.7 Å². The third-order valence-electron chi connectivity index (χ3n) is 4.84. The number of piperidine rings is 1. The molecule has 0 atom stereocenters. The van der Waals surface area contributed by atoms with Gasteiger partial charge in [-0.2, -0.15) is 5.10 Å². The zero-order valence-electron chi connectivity index (χ0n) is 14.6. The molecule has 0 saturated carbocycles. The molecular weight excluding hydrogens is 417 g/mol. The molecule has 0 aliphatic carbocycles. The van der Waals surface area contributed by atoms with Crippen LogP contribution >= 0.6 is 15.9 Å². The van der Waals surface area contributed by atoms with Gasteiger partial charge in [0, 0.05) is 38.2 Å². The topological polar surface area (TPSA) is 56.6 Å². The summed E-state index contributed by atoms with van der Waals surface area (Å²) >= 11 is 3.29. The van der Waals surface area contributed by atoms with E-state index in [2.05, 4.69) is 21.0 Å². The van der Waals surface area contributed by atoms with E-state index in [-0.39, 0.29) is 5.91 Å². The van der Waals surface area contributed by atoms with Gasteiger partial charge in [-0.1, -0.05) is 6.07 Å². The molecule has 27 heavy (non-hydrogen) atoms. The minimum absolute atomic E-state index is 0.0941. The average Bonchev–Trinajstić information content (AvgIpc) is 3.30. The SMILES string of the molecule is O=C(/C=C/c1ccc(-n2cc(Br)cn2)c(F)c1)N1CCC2(CC1)OCCO2. The Labute approximate surface area is 164 Å². The van der Waals surface area contributed by atoms with Crippen molar-refractivity contribution >= 4 is 27.9 Å². The van der Waals surface area contributed by atoms with Gasteiger partial charge in [-0.3, -0.25) is 4.79 Å². The Morgan fingerprint density at radius 3 is 2.63 bits per heavy atom. The number of rotatable bonds is 3. The van der Waals surface area contributed by atoms with E-state index in [9.17, 15) is 9.18 Å². The Morgan fingerprint density at radius 1 is 1.26 bits per heavy atom. The first-order valence-electron chi connectivity index (χ1n) is 8.80. The predicted octanol–water partition coefficient (Wildman–Crippen LogP) is 3.15. The zero-order chi connectivity index (χ0) is 18.9. The quantitative estimate of drug-likeness (QED) is 0.694. The molecule has 2 saturated heterocycles. The highest BCUT2D eigenvalue weighted by Gasteiger charge is 2.40. The number of halogens is 2. The average molecular weight is 436 g/mol. The molecule has 8 heteroatoms. The minimum Gasteiger partial charge on any atom is -0.347 e. The number of aromatic nitrogens is 2. The summed E-state index contributed by atoms with van der Waals surface area (Å²) < 4.78 is 27.9. The molecule has 4 rings (SSSR count). The van der Waals surface area contributed by atoms with Crippen molar-refractivity contribution in [3.63, 3.8) is 0 Å². The fourth-order valence-electron chi connectivity index (χ4n) is 3.37. The molecule has 0 N–H and O–H groups in total. The molecule has 2 aromatic rings. The first-order chi connectivity index (χ1) is 13.0. The molecule has 1 amide bonds. The number of carbonyl (C=O) groups excluding carboxylic acids is 1. The van der Waals surface area contributed by atoms with E-state index in [0.29, 0.717) is 50.4 Å². The lowest BCUT2D eigenvalue weighted by atomic mass is 10.0. The lowest BCUT2D eigenvalue weighted by Crippen LogP contribution is -2.46. The van der Waals surface area contributed by atoms with Gasteiger partial charge in [-0.15, -0.1) is 0 Å². The van der Waals surface area contributed by atoms with E-state index in [1.165, 1.54) is 16.8 Å². The van der Waals surface area contributed by atoms with Crippen molar-refractivity contribution in [1.82, 2.24) is 14.7 Å². The van der Waals surface area contributed by atoms with Crippen LogP contribution in [0.25, 0.3) is 11.8 Å². The van der Waals surface area contributed by atoms with Crippen molar-refractivity contribution in [2.75, 3.05) is 26.3 Å². The van der Waals surface area contributed by atoms with Crippen LogP contribution in [0.4, 0.5) is 4.39 Å². The van der Waals surface area contributed by atoms with Crippen LogP contribution in [0.3, 0.4) is 0 Å². The maximum Gasteiger partial charge on any atom is 0.246 e. The molecule has 2 fully saturated rings. The Hall–Kier alpha value is -2.03. The summed E-state index contributed by atoms with van der Waals surface area (Å²) in [5.41, 5.74) is 0.967. The molecule has 142 valence electrons. The largest absolute Gasteiger partial charge is 0.347 e. The van der Waals surface area contributed by atoms with Gasteiger partial charge in [0.2, 0.25) is 5.91 Å². The van der Waals surface area contributed by atoms with E-state index in [1.54, 1.807) is 35.5 Å². The van der Waals surface area contributed by atoms with Gasteiger partial charge in [0.05, 0.1) is 23.9 Å². The summed E-state index contributed by atoms with van der Waals surface area (Å²) in [7, 11) is 0. The molecule has 0 bridgehead atoms. The number of carbonyl (C=O) groups is 1. The van der Waals surface area contributed by atoms with E-state index in [1.807, 2.05) is 0 Å². The van der Waals surface area contributed by atoms with Crippen LogP contribution in [0, 0.1) is 5.82 Å². The van der Waals surface area contributed by atoms with Crippen LogP contribution < -0.4 is 0 Å². The fourth-order valence-corrected chi connectivity index (χ4v) is 3.66. The van der Waals surface area contributed by atoms with Gasteiger partial charge in [-0.05, 0) is 39.7 Å². The maximum absolute atomic E-state index is 14.4. The van der Waals surface area contributed by atoms with Gasteiger partial charge >= 0.3 is 0 Å². The molecule has 1 aromatic heterocycles. The first kappa shape index (κ1) is 18.3. The van der Waals surface area contributed by atoms with Crippen LogP contribution in [0.5, 0.6) is 0 Å². The first-order valence-corrected chi connectivity index (χ1v) is 9.59. The summed E-state index contributed by atoms with van der Waals surface area (Å²) in [5.74, 6) is -1.00. The summed E-state index contributed by atoms with van der Waals surface area (Å²) in [4.78, 5) is 14.2. The normalized spacial score (nSPS) is 19.3. The number of amides is 1. The third-order valence-corrected chi connectivity index (χ3v) is 5.25. The Kier molecular flexibility index (Phi) is 5.12. The number of hydrogen-bond acceptors (Lipinski definition) is 4. The lowest BCUT2D eigenvalue weighted by molar-refractivity contribution is -0.186. The Morgan fingerprint density at radius 2 is 2.00 bits per heavy atom. The van der Waals surface area contributed by atoms with Crippen molar-refractivity contribution in [1.29, 1.82) is 0 Å². The fraction of sp³-hybridized carbons (Fsp3) is 0.368. The highest BCUT2D eigenvalue weighted by molar-refractivity contribution is 9.10. The maximum atomic E-state index is 14.4. The molecule has 0 radical (unpaired) electrons. The molecule has 0 unspecified atom stereocenters. The highest BCUT2D eigenvalue weighted by atomic mass is 79.9. The van der Waals surface area contributed by atoms with E-state index >= 15 is 0 Å². The van der Waals surface area contributed by atoms with Crippen molar-refractivity contribution in [3.05, 3.63) is 52.5 Å². The molecule has 2 aliphatic rings. The van der Waals surface area contributed by atoms with Crippen molar-refractivity contribution in [3.8, 4) is 5.69 Å². The summed E-state index contributed by atoms with van der Waals surface area (Å²) in [5, 5.41) is 4.07. The molecule has 3 heterocycles. The molecule has 6 nitrogen and oxygen atoms in total. The standard InChI is InChI=1S/C19H19BrFN3O3/c20-15-12-22-24(13-15)17-3-1-14(11-16(17)21)2-4-18(25)23-7-5-19(6-8-23)26-9-10-27-19/h1-4,11-13H,5-10H2/b4-2+. The van der Waals surface area contributed by atoms with Gasteiger partial charge in [0.15, 0.2) is 5.79 Å². The second-order valence-corrected chi connectivity index (χ2v) is 7.50. The number of nitrogens with zero attached hydrogens (tertiary/aromatic N) is 3. The number of hydrogen-bond donors (Lipinski definition) is 0. The van der Waals surface area contributed by atoms with Crippen LogP contribution in [-0.4, -0.2) is 52.7 Å². The van der Waals surface area contributed by atoms with E-state index in [4.69, 9.17) is 9.47 Å². The Balaban J connectivity index is 1.39. The lowest BCUT2D eigenvalue weighted by Gasteiger charge is -2.37. The van der Waals surface area contributed by atoms with Crippen LogP contribution in [0.15, 0.2) is 41.1 Å². The van der Waals surface area contributed by atoms with Gasteiger partial charge in [0.25, 0.3) is 0 Å². The monoisotopic (exact) mass is 435 g/mol. The minimum atomic E-state index is -0.499. The predicted molar refractivity (Wildman–Crippen MR) is 101 cm³/mol. The second kappa shape index (κ2) is 7.53. The number of benzene rings is 1. The van der Waals surface area contributed by atoms with E-state index < -0.39 is 11.6 Å². The van der Waals surface area contributed by atoms with Crippen LogP contribution in [0.2, 0.25) is 0 Å². The molecule has 1 aromatic carbocycles. The van der Waals surface area contributed by atoms with Gasteiger partial charge in [0.1, 0.15) is 11.5 Å². The molecular formula is C19H19BrFN3O3. The molecule has 1 spiro atoms. The van der Waals surface area contributed by atoms with Crippen LogP contribution in [0.1, 0.15) is 18.4 Å². The number of ether oxygens (including phenoxy) is 2. The zero-order valence-corrected chi connectivity index (χ0v) is 16.2. The summed E-state index contributed by atoms with van der Waals surface area (Å²) in [6.07, 6.45) is 7.73. The van der Waals surface area contributed by atoms with Crippen molar-refractivity contribution in [2.24, 2.45) is 0 Å². The van der Waals surface area contributed by atoms with Gasteiger partial charge in [-0.25, -0.2) is 9.07 Å². The van der Waals surface area contributed by atoms with Crippen LogP contribution in [-0.2, 0) is 14.3 Å². The second-order valence-electron chi connectivity index (χ2n) is 6.58. The Bertz CT molecular complexity index is 867. The smallest absolute Gasteiger partial charge is 0.246 e. The van der Waals surface area contributed by atoms with Gasteiger partial charge < -0.3 is 14.4 Å². The van der Waals surface area contributed by atoms with E-state index in [0.717, 1.165) is 4.47 Å². The number of likely N-dealkylation sites (tertiary alicyclic amines) is 1. The highest BCUT2D eigenvalue weighted by Crippen LogP contribution is 2.31. The molecule has 2 aliphatic heterocycles. The summed E-state index contributed by atoms with van der Waals surface area (Å²) in [6.45, 7) is 2.41. The third kappa shape index (κ3) is 3.97.